The minimum Gasteiger partial charge on any atom is -0.491 e. The Bertz CT molecular complexity index is 570. The lowest BCUT2D eigenvalue weighted by molar-refractivity contribution is 0.322. The van der Waals surface area contributed by atoms with Gasteiger partial charge in [-0.2, -0.15) is 0 Å². The summed E-state index contributed by atoms with van der Waals surface area (Å²) in [5.41, 5.74) is 2.38. The van der Waals surface area contributed by atoms with Crippen molar-refractivity contribution < 1.29 is 4.74 Å². The number of fused-ring (bicyclic) bond motifs is 1. The summed E-state index contributed by atoms with van der Waals surface area (Å²) in [6, 6.07) is 19.1. The highest BCUT2D eigenvalue weighted by Crippen LogP contribution is 2.31. The topological polar surface area (TPSA) is 24.5 Å². The minimum atomic E-state index is 0.410. The predicted octanol–water partition coefficient (Wildman–Crippen LogP) is 3.78. The molecule has 0 saturated heterocycles. The van der Waals surface area contributed by atoms with E-state index in [0.29, 0.717) is 6.04 Å². The first-order valence-electron chi connectivity index (χ1n) is 7.62. The monoisotopic (exact) mass is 282 g/mol. The molecule has 0 saturated carbocycles. The van der Waals surface area contributed by atoms with Crippen LogP contribution in [0.15, 0.2) is 54.6 Å². The molecule has 1 atom stereocenters. The van der Waals surface area contributed by atoms with E-state index in [0.717, 1.165) is 31.9 Å². The van der Waals surface area contributed by atoms with Crippen LogP contribution in [-0.2, 0) is 0 Å². The molecule has 0 aromatic heterocycles. The van der Waals surface area contributed by atoms with E-state index in [9.17, 15) is 0 Å². The second-order valence-corrected chi connectivity index (χ2v) is 5.46. The summed E-state index contributed by atoms with van der Waals surface area (Å²) in [6.07, 6.45) is 1.06. The molecule has 3 nitrogen and oxygen atoms in total. The fourth-order valence-electron chi connectivity index (χ4n) is 2.74. The molecule has 0 radical (unpaired) electrons. The Kier molecular flexibility index (Phi) is 4.29. The van der Waals surface area contributed by atoms with E-state index in [4.69, 9.17) is 4.74 Å². The second-order valence-electron chi connectivity index (χ2n) is 5.46. The SMILES string of the molecule is CC(CNc1ccccc1)N1CCCOc2ccccc21. The molecule has 2 aromatic carbocycles. The van der Waals surface area contributed by atoms with Gasteiger partial charge in [0.25, 0.3) is 0 Å². The normalized spacial score (nSPS) is 15.6. The maximum atomic E-state index is 5.83. The Balaban J connectivity index is 1.70. The van der Waals surface area contributed by atoms with Crippen molar-refractivity contribution in [3.8, 4) is 5.75 Å². The number of anilines is 2. The van der Waals surface area contributed by atoms with Crippen molar-refractivity contribution in [1.29, 1.82) is 0 Å². The third kappa shape index (κ3) is 3.30. The van der Waals surface area contributed by atoms with Crippen LogP contribution in [0, 0.1) is 0 Å². The fourth-order valence-corrected chi connectivity index (χ4v) is 2.74. The van der Waals surface area contributed by atoms with Crippen LogP contribution < -0.4 is 15.0 Å². The number of hydrogen-bond acceptors (Lipinski definition) is 3. The highest BCUT2D eigenvalue weighted by molar-refractivity contribution is 5.59. The smallest absolute Gasteiger partial charge is 0.142 e. The molecular formula is C18H22N2O. The number of nitrogens with zero attached hydrogens (tertiary/aromatic N) is 1. The molecule has 0 amide bonds. The van der Waals surface area contributed by atoms with Gasteiger partial charge < -0.3 is 15.0 Å². The Morgan fingerprint density at radius 3 is 2.71 bits per heavy atom. The molecular weight excluding hydrogens is 260 g/mol. The zero-order chi connectivity index (χ0) is 14.5. The molecule has 0 aliphatic carbocycles. The van der Waals surface area contributed by atoms with Gasteiger partial charge in [-0.15, -0.1) is 0 Å². The average Bonchev–Trinajstić information content (AvgIpc) is 2.76. The molecule has 1 unspecified atom stereocenters. The van der Waals surface area contributed by atoms with Gasteiger partial charge in [-0.1, -0.05) is 30.3 Å². The lowest BCUT2D eigenvalue weighted by atomic mass is 10.2. The first kappa shape index (κ1) is 13.8. The molecule has 21 heavy (non-hydrogen) atoms. The highest BCUT2D eigenvalue weighted by atomic mass is 16.5. The lowest BCUT2D eigenvalue weighted by Gasteiger charge is -2.31. The van der Waals surface area contributed by atoms with Crippen LogP contribution in [0.25, 0.3) is 0 Å². The molecule has 0 bridgehead atoms. The molecule has 1 aliphatic rings. The maximum absolute atomic E-state index is 5.83. The van der Waals surface area contributed by atoms with Gasteiger partial charge in [0, 0.05) is 24.8 Å². The van der Waals surface area contributed by atoms with Gasteiger partial charge in [-0.05, 0) is 37.6 Å². The number of nitrogens with one attached hydrogen (secondary N) is 1. The van der Waals surface area contributed by atoms with Crippen molar-refractivity contribution in [1.82, 2.24) is 0 Å². The van der Waals surface area contributed by atoms with Gasteiger partial charge in [-0.3, -0.25) is 0 Å². The van der Waals surface area contributed by atoms with Crippen molar-refractivity contribution in [2.45, 2.75) is 19.4 Å². The summed E-state index contributed by atoms with van der Waals surface area (Å²) in [6.45, 7) is 5.01. The molecule has 1 N–H and O–H groups in total. The van der Waals surface area contributed by atoms with Gasteiger partial charge >= 0.3 is 0 Å². The highest BCUT2D eigenvalue weighted by Gasteiger charge is 2.20. The first-order valence-corrected chi connectivity index (χ1v) is 7.62. The summed E-state index contributed by atoms with van der Waals surface area (Å²) in [5.74, 6) is 1.00. The first-order chi connectivity index (χ1) is 10.3. The van der Waals surface area contributed by atoms with E-state index >= 15 is 0 Å². The average molecular weight is 282 g/mol. The van der Waals surface area contributed by atoms with Crippen molar-refractivity contribution in [2.75, 3.05) is 29.9 Å². The van der Waals surface area contributed by atoms with Crippen LogP contribution in [0.1, 0.15) is 13.3 Å². The van der Waals surface area contributed by atoms with Crippen LogP contribution in [-0.4, -0.2) is 25.7 Å². The quantitative estimate of drug-likeness (QED) is 0.923. The largest absolute Gasteiger partial charge is 0.491 e. The van der Waals surface area contributed by atoms with Gasteiger partial charge in [0.15, 0.2) is 0 Å². The zero-order valence-electron chi connectivity index (χ0n) is 12.5. The van der Waals surface area contributed by atoms with Crippen molar-refractivity contribution in [3.05, 3.63) is 54.6 Å². The van der Waals surface area contributed by atoms with E-state index in [-0.39, 0.29) is 0 Å². The van der Waals surface area contributed by atoms with E-state index in [2.05, 4.69) is 59.6 Å². The Morgan fingerprint density at radius 1 is 1.10 bits per heavy atom. The Hall–Kier alpha value is -2.16. The minimum absolute atomic E-state index is 0.410. The predicted molar refractivity (Wildman–Crippen MR) is 88.3 cm³/mol. The molecule has 110 valence electrons. The maximum Gasteiger partial charge on any atom is 0.142 e. The fraction of sp³-hybridized carbons (Fsp3) is 0.333. The van der Waals surface area contributed by atoms with Crippen molar-refractivity contribution in [3.63, 3.8) is 0 Å². The number of para-hydroxylation sites is 3. The van der Waals surface area contributed by atoms with Gasteiger partial charge in [0.2, 0.25) is 0 Å². The van der Waals surface area contributed by atoms with Crippen molar-refractivity contribution in [2.24, 2.45) is 0 Å². The van der Waals surface area contributed by atoms with Crippen LogP contribution in [0.4, 0.5) is 11.4 Å². The molecule has 3 heteroatoms. The summed E-state index contributed by atoms with van der Waals surface area (Å²) in [7, 11) is 0. The molecule has 2 aromatic rings. The summed E-state index contributed by atoms with van der Waals surface area (Å²) < 4.78 is 5.83. The van der Waals surface area contributed by atoms with E-state index in [1.165, 1.54) is 11.4 Å². The lowest BCUT2D eigenvalue weighted by Crippen LogP contribution is -2.38. The van der Waals surface area contributed by atoms with Crippen LogP contribution >= 0.6 is 0 Å². The van der Waals surface area contributed by atoms with Gasteiger partial charge in [-0.25, -0.2) is 0 Å². The number of hydrogen-bond donors (Lipinski definition) is 1. The van der Waals surface area contributed by atoms with E-state index in [1.807, 2.05) is 12.1 Å². The van der Waals surface area contributed by atoms with Crippen LogP contribution in [0.2, 0.25) is 0 Å². The Morgan fingerprint density at radius 2 is 1.86 bits per heavy atom. The summed E-state index contributed by atoms with van der Waals surface area (Å²) >= 11 is 0. The molecule has 0 spiro atoms. The summed E-state index contributed by atoms with van der Waals surface area (Å²) in [5, 5.41) is 3.51. The third-order valence-electron chi connectivity index (χ3n) is 3.88. The summed E-state index contributed by atoms with van der Waals surface area (Å²) in [4.78, 5) is 2.44. The number of ether oxygens (including phenoxy) is 1. The molecule has 1 aliphatic heterocycles. The molecule has 0 fully saturated rings. The standard InChI is InChI=1S/C18H22N2O/c1-15(14-19-16-8-3-2-4-9-16)20-12-7-13-21-18-11-6-5-10-17(18)20/h2-6,8-11,15,19H,7,12-14H2,1H3. The second kappa shape index (κ2) is 6.53. The Labute approximate surface area is 126 Å². The third-order valence-corrected chi connectivity index (χ3v) is 3.88. The number of rotatable bonds is 4. The molecule has 3 rings (SSSR count). The van der Waals surface area contributed by atoms with Gasteiger partial charge in [0.05, 0.1) is 12.3 Å². The van der Waals surface area contributed by atoms with E-state index in [1.54, 1.807) is 0 Å². The zero-order valence-corrected chi connectivity index (χ0v) is 12.5. The van der Waals surface area contributed by atoms with Crippen LogP contribution in [0.5, 0.6) is 5.75 Å². The number of benzene rings is 2. The van der Waals surface area contributed by atoms with Crippen LogP contribution in [0.3, 0.4) is 0 Å². The van der Waals surface area contributed by atoms with Gasteiger partial charge in [0.1, 0.15) is 5.75 Å². The van der Waals surface area contributed by atoms with Crippen molar-refractivity contribution >= 4 is 11.4 Å². The van der Waals surface area contributed by atoms with E-state index < -0.39 is 0 Å². The molecule has 1 heterocycles.